The molecule has 0 bridgehead atoms. The molecule has 11 heteroatoms. The molecule has 0 aliphatic carbocycles. The molecule has 3 aromatic heterocycles. The third-order valence-corrected chi connectivity index (χ3v) is 3.79. The Labute approximate surface area is 147 Å². The highest BCUT2D eigenvalue weighted by atomic mass is 19.4. The van der Waals surface area contributed by atoms with Crippen molar-refractivity contribution in [1.82, 2.24) is 29.5 Å². The first-order valence-corrected chi connectivity index (χ1v) is 7.58. The lowest BCUT2D eigenvalue weighted by Gasteiger charge is -2.07. The van der Waals surface area contributed by atoms with Crippen LogP contribution in [0.3, 0.4) is 0 Å². The second-order valence-electron chi connectivity index (χ2n) is 5.65. The van der Waals surface area contributed by atoms with Crippen molar-refractivity contribution in [3.8, 4) is 11.5 Å². The first-order valence-electron chi connectivity index (χ1n) is 7.58. The average molecular weight is 380 g/mol. The number of alkyl halides is 3. The Morgan fingerprint density at radius 2 is 1.93 bits per heavy atom. The highest BCUT2D eigenvalue weighted by Gasteiger charge is 2.35. The summed E-state index contributed by atoms with van der Waals surface area (Å²) in [7, 11) is 0. The largest absolute Gasteiger partial charge is 0.451 e. The number of hydrogen-bond acceptors (Lipinski definition) is 4. The normalized spacial score (nSPS) is 12.0. The summed E-state index contributed by atoms with van der Waals surface area (Å²) in [6, 6.07) is 3.00. The maximum atomic E-state index is 14.0. The van der Waals surface area contributed by atoms with Crippen LogP contribution < -0.4 is 0 Å². The van der Waals surface area contributed by atoms with Crippen molar-refractivity contribution in [2.24, 2.45) is 0 Å². The molecule has 0 unspecified atom stereocenters. The van der Waals surface area contributed by atoms with E-state index in [1.807, 2.05) is 5.10 Å². The van der Waals surface area contributed by atoms with Gasteiger partial charge in [0.2, 0.25) is 11.6 Å². The van der Waals surface area contributed by atoms with Gasteiger partial charge in [0.25, 0.3) is 0 Å². The van der Waals surface area contributed by atoms with Gasteiger partial charge in [-0.1, -0.05) is 0 Å². The van der Waals surface area contributed by atoms with E-state index in [-0.39, 0.29) is 29.2 Å². The number of hydrogen-bond donors (Lipinski definition) is 1. The third kappa shape index (κ3) is 3.23. The van der Waals surface area contributed by atoms with Crippen molar-refractivity contribution in [1.29, 1.82) is 0 Å². The summed E-state index contributed by atoms with van der Waals surface area (Å²) in [5.74, 6) is -2.79. The summed E-state index contributed by atoms with van der Waals surface area (Å²) in [5.41, 5.74) is 0.656. The van der Waals surface area contributed by atoms with Crippen LogP contribution in [0.1, 0.15) is 17.1 Å². The summed E-state index contributed by atoms with van der Waals surface area (Å²) in [5, 5.41) is 5.35. The van der Waals surface area contributed by atoms with E-state index in [1.54, 1.807) is 6.20 Å². The molecule has 0 radical (unpaired) electrons. The fraction of sp³-hybridized carbons (Fsp3) is 0.125. The summed E-state index contributed by atoms with van der Waals surface area (Å²) in [6.07, 6.45) is -0.405. The van der Waals surface area contributed by atoms with E-state index >= 15 is 0 Å². The highest BCUT2D eigenvalue weighted by molar-refractivity contribution is 5.55. The van der Waals surface area contributed by atoms with E-state index in [9.17, 15) is 22.0 Å². The van der Waals surface area contributed by atoms with Crippen molar-refractivity contribution in [3.63, 3.8) is 0 Å². The maximum absolute atomic E-state index is 14.0. The lowest BCUT2D eigenvalue weighted by Crippen LogP contribution is -2.07. The van der Waals surface area contributed by atoms with Gasteiger partial charge >= 0.3 is 6.18 Å². The number of rotatable bonds is 3. The van der Waals surface area contributed by atoms with E-state index in [0.717, 1.165) is 18.2 Å². The second kappa shape index (κ2) is 6.11. The molecule has 0 spiro atoms. The SMILES string of the molecule is Fc1ccc(F)c(Cc2nc(-c3n[nH]c(C(F)(F)F)n3)cn3ccnc23)c1. The summed E-state index contributed by atoms with van der Waals surface area (Å²) < 4.78 is 67.1. The molecular formula is C16H9F5N6. The predicted octanol–water partition coefficient (Wildman–Crippen LogP) is 3.40. The number of nitrogens with one attached hydrogen (secondary N) is 1. The molecule has 1 N–H and O–H groups in total. The molecule has 4 aromatic rings. The molecule has 4 rings (SSSR count). The van der Waals surface area contributed by atoms with Crippen LogP contribution in [0.15, 0.2) is 36.8 Å². The molecule has 138 valence electrons. The first-order chi connectivity index (χ1) is 12.8. The topological polar surface area (TPSA) is 71.8 Å². The highest BCUT2D eigenvalue weighted by Crippen LogP contribution is 2.27. The average Bonchev–Trinajstić information content (AvgIpc) is 3.26. The fourth-order valence-electron chi connectivity index (χ4n) is 2.59. The van der Waals surface area contributed by atoms with Crippen molar-refractivity contribution in [3.05, 3.63) is 65.5 Å². The quantitative estimate of drug-likeness (QED) is 0.553. The maximum Gasteiger partial charge on any atom is 0.451 e. The fourth-order valence-corrected chi connectivity index (χ4v) is 2.59. The zero-order valence-electron chi connectivity index (χ0n) is 13.3. The Morgan fingerprint density at radius 3 is 2.67 bits per heavy atom. The summed E-state index contributed by atoms with van der Waals surface area (Å²) in [4.78, 5) is 11.7. The molecule has 0 fully saturated rings. The van der Waals surface area contributed by atoms with Crippen molar-refractivity contribution >= 4 is 5.65 Å². The van der Waals surface area contributed by atoms with Crippen LogP contribution in [-0.2, 0) is 12.6 Å². The van der Waals surface area contributed by atoms with Crippen LogP contribution in [0.25, 0.3) is 17.2 Å². The number of halogens is 5. The van der Waals surface area contributed by atoms with E-state index in [2.05, 4.69) is 20.1 Å². The lowest BCUT2D eigenvalue weighted by molar-refractivity contribution is -0.144. The molecule has 0 saturated heterocycles. The van der Waals surface area contributed by atoms with Crippen LogP contribution in [0, 0.1) is 11.6 Å². The zero-order valence-corrected chi connectivity index (χ0v) is 13.3. The minimum atomic E-state index is -4.68. The van der Waals surface area contributed by atoms with Gasteiger partial charge < -0.3 is 4.40 Å². The number of H-pyrrole nitrogens is 1. The van der Waals surface area contributed by atoms with Gasteiger partial charge in [-0.05, 0) is 23.8 Å². The van der Waals surface area contributed by atoms with Gasteiger partial charge in [-0.25, -0.2) is 23.7 Å². The molecule has 0 aliphatic heterocycles. The Morgan fingerprint density at radius 1 is 1.11 bits per heavy atom. The predicted molar refractivity (Wildman–Crippen MR) is 82.5 cm³/mol. The van der Waals surface area contributed by atoms with Crippen LogP contribution in [0.2, 0.25) is 0 Å². The number of nitrogens with zero attached hydrogens (tertiary/aromatic N) is 5. The van der Waals surface area contributed by atoms with E-state index < -0.39 is 23.6 Å². The molecule has 0 atom stereocenters. The van der Waals surface area contributed by atoms with Crippen LogP contribution in [0.5, 0.6) is 0 Å². The van der Waals surface area contributed by atoms with Gasteiger partial charge in [0.15, 0.2) is 5.65 Å². The number of imidazole rings is 1. The van der Waals surface area contributed by atoms with Crippen molar-refractivity contribution in [2.45, 2.75) is 12.6 Å². The summed E-state index contributed by atoms with van der Waals surface area (Å²) in [6.45, 7) is 0. The molecule has 3 heterocycles. The molecular weight excluding hydrogens is 371 g/mol. The Kier molecular flexibility index (Phi) is 3.86. The van der Waals surface area contributed by atoms with Gasteiger partial charge in [0.05, 0.1) is 5.69 Å². The van der Waals surface area contributed by atoms with Crippen molar-refractivity contribution < 1.29 is 22.0 Å². The Bertz CT molecular complexity index is 1130. The molecule has 6 nitrogen and oxygen atoms in total. The summed E-state index contributed by atoms with van der Waals surface area (Å²) >= 11 is 0. The van der Waals surface area contributed by atoms with Crippen LogP contribution in [-0.4, -0.2) is 29.5 Å². The van der Waals surface area contributed by atoms with Gasteiger partial charge in [-0.2, -0.15) is 18.3 Å². The standard InChI is InChI=1S/C16H9F5N6/c17-9-1-2-10(18)8(5-9)6-11-14-22-3-4-27(14)7-12(23-11)13-24-15(26-25-13)16(19,20)21/h1-5,7H,6H2,(H,24,25,26). The minimum absolute atomic E-state index is 0.0269. The van der Waals surface area contributed by atoms with Gasteiger partial charge in [0, 0.05) is 25.0 Å². The number of aromatic nitrogens is 6. The molecule has 0 amide bonds. The number of fused-ring (bicyclic) bond motifs is 1. The molecule has 27 heavy (non-hydrogen) atoms. The number of benzene rings is 1. The monoisotopic (exact) mass is 380 g/mol. The molecule has 0 aliphatic rings. The van der Waals surface area contributed by atoms with Gasteiger partial charge in [0.1, 0.15) is 17.3 Å². The second-order valence-corrected chi connectivity index (χ2v) is 5.65. The minimum Gasteiger partial charge on any atom is -0.303 e. The van der Waals surface area contributed by atoms with Crippen LogP contribution in [0.4, 0.5) is 22.0 Å². The van der Waals surface area contributed by atoms with Gasteiger partial charge in [-0.3, -0.25) is 5.10 Å². The first kappa shape index (κ1) is 17.1. The zero-order chi connectivity index (χ0) is 19.2. The molecule has 0 saturated carbocycles. The van der Waals surface area contributed by atoms with E-state index in [1.165, 1.54) is 16.8 Å². The van der Waals surface area contributed by atoms with E-state index in [0.29, 0.717) is 5.65 Å². The van der Waals surface area contributed by atoms with E-state index in [4.69, 9.17) is 0 Å². The Balaban J connectivity index is 1.80. The third-order valence-electron chi connectivity index (χ3n) is 3.79. The van der Waals surface area contributed by atoms with Gasteiger partial charge in [-0.15, -0.1) is 0 Å². The van der Waals surface area contributed by atoms with Crippen molar-refractivity contribution in [2.75, 3.05) is 0 Å². The number of aromatic amines is 1. The van der Waals surface area contributed by atoms with Crippen LogP contribution >= 0.6 is 0 Å². The Hall–Kier alpha value is -3.37. The molecule has 1 aromatic carbocycles. The smallest absolute Gasteiger partial charge is 0.303 e. The lowest BCUT2D eigenvalue weighted by atomic mass is 10.1.